The van der Waals surface area contributed by atoms with Crippen LogP contribution >= 0.6 is 0 Å². The number of aryl methyl sites for hydroxylation is 1. The molecule has 2 rings (SSSR count). The van der Waals surface area contributed by atoms with Crippen molar-refractivity contribution in [3.63, 3.8) is 0 Å². The fourth-order valence-corrected chi connectivity index (χ4v) is 3.26. The highest BCUT2D eigenvalue weighted by molar-refractivity contribution is 5.71. The van der Waals surface area contributed by atoms with Crippen molar-refractivity contribution >= 4 is 17.9 Å². The first-order valence-corrected chi connectivity index (χ1v) is 10.4. The molecule has 0 aromatic heterocycles. The number of anilines is 1. The highest BCUT2D eigenvalue weighted by Crippen LogP contribution is 2.22. The highest BCUT2D eigenvalue weighted by atomic mass is 16.5. The predicted octanol–water partition coefficient (Wildman–Crippen LogP) is 5.66. The van der Waals surface area contributed by atoms with Crippen LogP contribution in [0.15, 0.2) is 41.2 Å². The van der Waals surface area contributed by atoms with E-state index in [4.69, 9.17) is 4.74 Å². The standard InChI is InChI=1S/C23H34N2O2/c1-4-6-7-8-9-11-20-12-10-13-22(17-20)25-15-14-24-21(18-25)16-19(3)27-23(26)5-2/h10,12-14,17-19H,4-9,11,15-16H2,1-3H3. The molecule has 1 aliphatic rings. The second-order valence-corrected chi connectivity index (χ2v) is 7.28. The van der Waals surface area contributed by atoms with Crippen molar-refractivity contribution in [1.29, 1.82) is 0 Å². The molecule has 0 saturated carbocycles. The predicted molar refractivity (Wildman–Crippen MR) is 113 cm³/mol. The zero-order valence-corrected chi connectivity index (χ0v) is 17.1. The average molecular weight is 371 g/mol. The van der Waals surface area contributed by atoms with Crippen LogP contribution in [0.4, 0.5) is 5.69 Å². The molecule has 1 atom stereocenters. The van der Waals surface area contributed by atoms with Crippen LogP contribution in [0.1, 0.15) is 71.3 Å². The van der Waals surface area contributed by atoms with Gasteiger partial charge in [-0.15, -0.1) is 0 Å². The number of ether oxygens (including phenoxy) is 1. The minimum Gasteiger partial charge on any atom is -0.462 e. The van der Waals surface area contributed by atoms with Gasteiger partial charge in [0.1, 0.15) is 6.10 Å². The highest BCUT2D eigenvalue weighted by Gasteiger charge is 2.14. The molecular formula is C23H34N2O2. The molecule has 0 saturated heterocycles. The SMILES string of the molecule is CCCCCCCc1cccc(N2C=C(CC(C)OC(=O)CC)N=CC2)c1. The maximum Gasteiger partial charge on any atom is 0.305 e. The van der Waals surface area contributed by atoms with Crippen LogP contribution in [0.2, 0.25) is 0 Å². The molecule has 0 bridgehead atoms. The molecule has 1 aromatic carbocycles. The van der Waals surface area contributed by atoms with E-state index >= 15 is 0 Å². The first kappa shape index (κ1) is 21.2. The molecule has 4 heteroatoms. The molecule has 4 nitrogen and oxygen atoms in total. The number of hydrogen-bond donors (Lipinski definition) is 0. The lowest BCUT2D eigenvalue weighted by Gasteiger charge is -2.24. The Morgan fingerprint density at radius 2 is 2.04 bits per heavy atom. The van der Waals surface area contributed by atoms with Gasteiger partial charge in [0.15, 0.2) is 0 Å². The second-order valence-electron chi connectivity index (χ2n) is 7.28. The third-order valence-corrected chi connectivity index (χ3v) is 4.77. The Bertz CT molecular complexity index is 652. The number of aliphatic imine (C=N–C) groups is 1. The lowest BCUT2D eigenvalue weighted by Crippen LogP contribution is -2.23. The van der Waals surface area contributed by atoms with E-state index in [-0.39, 0.29) is 12.1 Å². The van der Waals surface area contributed by atoms with E-state index in [0.29, 0.717) is 12.8 Å². The Hall–Kier alpha value is -2.10. The smallest absolute Gasteiger partial charge is 0.305 e. The fraction of sp³-hybridized carbons (Fsp3) is 0.565. The molecule has 0 fully saturated rings. The van der Waals surface area contributed by atoms with Crippen molar-refractivity contribution in [3.8, 4) is 0 Å². The monoisotopic (exact) mass is 370 g/mol. The molecule has 0 radical (unpaired) electrons. The summed E-state index contributed by atoms with van der Waals surface area (Å²) in [6, 6.07) is 8.79. The molecule has 0 amide bonds. The molecule has 1 aliphatic heterocycles. The Labute approximate surface area is 164 Å². The summed E-state index contributed by atoms with van der Waals surface area (Å²) >= 11 is 0. The van der Waals surface area contributed by atoms with Gasteiger partial charge in [0.05, 0.1) is 12.2 Å². The number of nitrogens with zero attached hydrogens (tertiary/aromatic N) is 2. The maximum atomic E-state index is 11.4. The average Bonchev–Trinajstić information content (AvgIpc) is 2.68. The van der Waals surface area contributed by atoms with Gasteiger partial charge in [0.25, 0.3) is 0 Å². The van der Waals surface area contributed by atoms with Crippen LogP contribution in [0.25, 0.3) is 0 Å². The summed E-state index contributed by atoms with van der Waals surface area (Å²) in [6.07, 6.45) is 12.6. The van der Waals surface area contributed by atoms with Crippen molar-refractivity contribution < 1.29 is 9.53 Å². The van der Waals surface area contributed by atoms with Gasteiger partial charge in [0.2, 0.25) is 0 Å². The van der Waals surface area contributed by atoms with Crippen molar-refractivity contribution in [2.75, 3.05) is 11.4 Å². The first-order chi connectivity index (χ1) is 13.1. The Kier molecular flexibility index (Phi) is 9.09. The largest absolute Gasteiger partial charge is 0.462 e. The topological polar surface area (TPSA) is 41.9 Å². The first-order valence-electron chi connectivity index (χ1n) is 10.4. The lowest BCUT2D eigenvalue weighted by atomic mass is 10.0. The molecular weight excluding hydrogens is 336 g/mol. The zero-order valence-electron chi connectivity index (χ0n) is 17.1. The van der Waals surface area contributed by atoms with Crippen molar-refractivity contribution in [2.24, 2.45) is 4.99 Å². The van der Waals surface area contributed by atoms with Crippen LogP contribution in [-0.2, 0) is 16.0 Å². The Morgan fingerprint density at radius 1 is 1.22 bits per heavy atom. The summed E-state index contributed by atoms with van der Waals surface area (Å²) in [5.74, 6) is -0.161. The number of esters is 1. The Morgan fingerprint density at radius 3 is 2.81 bits per heavy atom. The summed E-state index contributed by atoms with van der Waals surface area (Å²) in [6.45, 7) is 6.75. The second kappa shape index (κ2) is 11.6. The summed E-state index contributed by atoms with van der Waals surface area (Å²) < 4.78 is 5.36. The van der Waals surface area contributed by atoms with E-state index in [1.807, 2.05) is 20.1 Å². The van der Waals surface area contributed by atoms with E-state index in [9.17, 15) is 4.79 Å². The Balaban J connectivity index is 1.92. The van der Waals surface area contributed by atoms with Crippen LogP contribution in [0.5, 0.6) is 0 Å². The van der Waals surface area contributed by atoms with Gasteiger partial charge in [-0.1, -0.05) is 51.7 Å². The minimum absolute atomic E-state index is 0.157. The molecule has 148 valence electrons. The van der Waals surface area contributed by atoms with Crippen LogP contribution in [-0.4, -0.2) is 24.8 Å². The third-order valence-electron chi connectivity index (χ3n) is 4.77. The van der Waals surface area contributed by atoms with Crippen molar-refractivity contribution in [1.82, 2.24) is 0 Å². The van der Waals surface area contributed by atoms with Crippen LogP contribution in [0, 0.1) is 0 Å². The number of benzene rings is 1. The van der Waals surface area contributed by atoms with Gasteiger partial charge in [-0.2, -0.15) is 0 Å². The third kappa shape index (κ3) is 7.58. The molecule has 0 aliphatic carbocycles. The number of carbonyl (C=O) groups is 1. The fourth-order valence-electron chi connectivity index (χ4n) is 3.26. The number of rotatable bonds is 11. The van der Waals surface area contributed by atoms with E-state index in [0.717, 1.165) is 18.7 Å². The quantitative estimate of drug-likeness (QED) is 0.372. The van der Waals surface area contributed by atoms with E-state index in [1.165, 1.54) is 43.4 Å². The van der Waals surface area contributed by atoms with Crippen LogP contribution < -0.4 is 4.90 Å². The minimum atomic E-state index is -0.161. The normalized spacial score (nSPS) is 14.8. The molecule has 0 N–H and O–H groups in total. The number of unbranched alkanes of at least 4 members (excludes halogenated alkanes) is 4. The number of hydrogen-bond acceptors (Lipinski definition) is 4. The zero-order chi connectivity index (χ0) is 19.5. The summed E-state index contributed by atoms with van der Waals surface area (Å²) in [5, 5.41) is 0. The van der Waals surface area contributed by atoms with Gasteiger partial charge >= 0.3 is 5.97 Å². The van der Waals surface area contributed by atoms with Gasteiger partial charge < -0.3 is 9.64 Å². The van der Waals surface area contributed by atoms with Gasteiger partial charge in [-0.05, 0) is 37.5 Å². The van der Waals surface area contributed by atoms with Crippen molar-refractivity contribution in [2.45, 2.75) is 78.2 Å². The van der Waals surface area contributed by atoms with E-state index in [2.05, 4.69) is 47.3 Å². The van der Waals surface area contributed by atoms with Crippen molar-refractivity contribution in [3.05, 3.63) is 41.7 Å². The van der Waals surface area contributed by atoms with Gasteiger partial charge in [0, 0.05) is 30.9 Å². The van der Waals surface area contributed by atoms with E-state index < -0.39 is 0 Å². The molecule has 1 heterocycles. The summed E-state index contributed by atoms with van der Waals surface area (Å²) in [4.78, 5) is 18.1. The van der Waals surface area contributed by atoms with Crippen LogP contribution in [0.3, 0.4) is 0 Å². The molecule has 1 unspecified atom stereocenters. The maximum absolute atomic E-state index is 11.4. The molecule has 0 spiro atoms. The summed E-state index contributed by atoms with van der Waals surface area (Å²) in [7, 11) is 0. The number of carbonyl (C=O) groups excluding carboxylic acids is 1. The van der Waals surface area contributed by atoms with Gasteiger partial charge in [-0.3, -0.25) is 9.79 Å². The molecule has 27 heavy (non-hydrogen) atoms. The van der Waals surface area contributed by atoms with E-state index in [1.54, 1.807) is 0 Å². The summed E-state index contributed by atoms with van der Waals surface area (Å²) in [5.41, 5.74) is 3.54. The lowest BCUT2D eigenvalue weighted by molar-refractivity contribution is -0.147. The molecule has 1 aromatic rings. The van der Waals surface area contributed by atoms with Gasteiger partial charge in [-0.25, -0.2) is 0 Å².